The fourth-order valence-electron chi connectivity index (χ4n) is 3.03. The van der Waals surface area contributed by atoms with Gasteiger partial charge >= 0.3 is 5.63 Å². The first-order chi connectivity index (χ1) is 15.4. The van der Waals surface area contributed by atoms with Gasteiger partial charge in [-0.3, -0.25) is 9.52 Å². The molecular weight excluding hydrogens is 432 g/mol. The summed E-state index contributed by atoms with van der Waals surface area (Å²) in [6, 6.07) is 20.4. The lowest BCUT2D eigenvalue weighted by molar-refractivity contribution is 0.102. The number of carbonyl (C=O) groups excluding carboxylic acids is 1. The number of nitrogens with one attached hydrogen (secondary N) is 2. The minimum atomic E-state index is -3.92. The molecule has 9 heteroatoms. The molecule has 0 atom stereocenters. The number of sulfonamides is 1. The molecular formula is C23H18N2O6S. The van der Waals surface area contributed by atoms with Crippen molar-refractivity contribution in [3.63, 3.8) is 0 Å². The van der Waals surface area contributed by atoms with Gasteiger partial charge in [0.1, 0.15) is 16.9 Å². The van der Waals surface area contributed by atoms with E-state index in [-0.39, 0.29) is 16.1 Å². The van der Waals surface area contributed by atoms with Crippen molar-refractivity contribution in [1.29, 1.82) is 0 Å². The van der Waals surface area contributed by atoms with Crippen LogP contribution in [0.3, 0.4) is 0 Å². The minimum absolute atomic E-state index is 0.0586. The van der Waals surface area contributed by atoms with Gasteiger partial charge in [0.2, 0.25) is 0 Å². The number of hydrogen-bond acceptors (Lipinski definition) is 6. The summed E-state index contributed by atoms with van der Waals surface area (Å²) < 4.78 is 38.2. The highest BCUT2D eigenvalue weighted by molar-refractivity contribution is 7.92. The van der Waals surface area contributed by atoms with Gasteiger partial charge in [-0.2, -0.15) is 0 Å². The molecule has 1 aromatic heterocycles. The Hall–Kier alpha value is -4.11. The Morgan fingerprint density at radius 1 is 0.906 bits per heavy atom. The monoisotopic (exact) mass is 450 g/mol. The van der Waals surface area contributed by atoms with E-state index in [9.17, 15) is 18.0 Å². The van der Waals surface area contributed by atoms with E-state index in [1.807, 2.05) is 0 Å². The molecule has 2 N–H and O–H groups in total. The molecule has 1 heterocycles. The maximum absolute atomic E-state index is 12.7. The average Bonchev–Trinajstić information content (AvgIpc) is 2.79. The fraction of sp³-hybridized carbons (Fsp3) is 0.0435. The highest BCUT2D eigenvalue weighted by Crippen LogP contribution is 2.22. The second-order valence-electron chi connectivity index (χ2n) is 6.80. The Labute approximate surface area is 183 Å². The molecule has 0 saturated heterocycles. The van der Waals surface area contributed by atoms with E-state index in [1.165, 1.54) is 37.4 Å². The van der Waals surface area contributed by atoms with Crippen molar-refractivity contribution < 1.29 is 22.4 Å². The molecule has 0 aliphatic rings. The summed E-state index contributed by atoms with van der Waals surface area (Å²) in [6.45, 7) is 0. The zero-order valence-corrected chi connectivity index (χ0v) is 17.7. The van der Waals surface area contributed by atoms with E-state index >= 15 is 0 Å². The molecule has 0 radical (unpaired) electrons. The molecule has 0 fully saturated rings. The first-order valence-electron chi connectivity index (χ1n) is 9.47. The highest BCUT2D eigenvalue weighted by atomic mass is 32.2. The second-order valence-corrected chi connectivity index (χ2v) is 8.48. The van der Waals surface area contributed by atoms with Crippen molar-refractivity contribution in [3.05, 3.63) is 94.8 Å². The van der Waals surface area contributed by atoms with Crippen LogP contribution >= 0.6 is 0 Å². The Balaban J connectivity index is 1.56. The van der Waals surface area contributed by atoms with Crippen molar-refractivity contribution >= 4 is 38.3 Å². The maximum atomic E-state index is 12.7. The van der Waals surface area contributed by atoms with E-state index in [0.29, 0.717) is 22.4 Å². The molecule has 4 aromatic rings. The molecule has 0 aliphatic heterocycles. The molecule has 3 aromatic carbocycles. The zero-order chi connectivity index (χ0) is 22.7. The Morgan fingerprint density at radius 3 is 2.41 bits per heavy atom. The van der Waals surface area contributed by atoms with Crippen molar-refractivity contribution in [2.45, 2.75) is 4.90 Å². The standard InChI is InChI=1S/C23H18N2O6S/c1-30-18-11-9-16(10-12-18)25-32(28,29)19-7-4-6-17(14-19)24-22(26)20-13-15-5-2-3-8-21(15)31-23(20)27/h2-14,25H,1H3,(H,24,26). The third-order valence-corrected chi connectivity index (χ3v) is 6.01. The summed E-state index contributed by atoms with van der Waals surface area (Å²) in [5.41, 5.74) is -0.0413. The van der Waals surface area contributed by atoms with E-state index in [1.54, 1.807) is 48.5 Å². The summed E-state index contributed by atoms with van der Waals surface area (Å²) >= 11 is 0. The van der Waals surface area contributed by atoms with Crippen molar-refractivity contribution in [3.8, 4) is 5.75 Å². The number of anilines is 2. The number of carbonyl (C=O) groups is 1. The molecule has 0 saturated carbocycles. The van der Waals surface area contributed by atoms with E-state index in [2.05, 4.69) is 10.0 Å². The maximum Gasteiger partial charge on any atom is 0.349 e. The number of ether oxygens (including phenoxy) is 1. The van der Waals surface area contributed by atoms with Crippen LogP contribution in [-0.2, 0) is 10.0 Å². The first kappa shape index (κ1) is 21.1. The lowest BCUT2D eigenvalue weighted by atomic mass is 10.1. The van der Waals surface area contributed by atoms with Crippen LogP contribution in [0.5, 0.6) is 5.75 Å². The molecule has 4 rings (SSSR count). The zero-order valence-electron chi connectivity index (χ0n) is 16.9. The molecule has 0 aliphatic carbocycles. The van der Waals surface area contributed by atoms with Crippen LogP contribution in [0.2, 0.25) is 0 Å². The molecule has 162 valence electrons. The van der Waals surface area contributed by atoms with Crippen LogP contribution in [0.4, 0.5) is 11.4 Å². The topological polar surface area (TPSA) is 115 Å². The number of amides is 1. The van der Waals surface area contributed by atoms with Crippen LogP contribution in [-0.4, -0.2) is 21.4 Å². The number of benzene rings is 3. The highest BCUT2D eigenvalue weighted by Gasteiger charge is 2.17. The van der Waals surface area contributed by atoms with Gasteiger partial charge in [0, 0.05) is 16.8 Å². The SMILES string of the molecule is COc1ccc(NS(=O)(=O)c2cccc(NC(=O)c3cc4ccccc4oc3=O)c2)cc1. The Morgan fingerprint density at radius 2 is 1.66 bits per heavy atom. The summed E-state index contributed by atoms with van der Waals surface area (Å²) in [4.78, 5) is 24.8. The van der Waals surface area contributed by atoms with Gasteiger partial charge in [-0.05, 0) is 54.6 Å². The Kier molecular flexibility index (Phi) is 5.65. The van der Waals surface area contributed by atoms with Gasteiger partial charge < -0.3 is 14.5 Å². The largest absolute Gasteiger partial charge is 0.497 e. The number of hydrogen-bond donors (Lipinski definition) is 2. The lowest BCUT2D eigenvalue weighted by Crippen LogP contribution is -2.21. The van der Waals surface area contributed by atoms with Crippen molar-refractivity contribution in [2.75, 3.05) is 17.1 Å². The predicted octanol–water partition coefficient (Wildman–Crippen LogP) is 3.85. The number of fused-ring (bicyclic) bond motifs is 1. The van der Waals surface area contributed by atoms with Gasteiger partial charge in [-0.25, -0.2) is 13.2 Å². The summed E-state index contributed by atoms with van der Waals surface area (Å²) in [5, 5.41) is 3.14. The Bertz CT molecular complexity index is 1460. The van der Waals surface area contributed by atoms with Crippen LogP contribution in [0.15, 0.2) is 93.0 Å². The van der Waals surface area contributed by atoms with Crippen LogP contribution in [0, 0.1) is 0 Å². The molecule has 8 nitrogen and oxygen atoms in total. The average molecular weight is 450 g/mol. The first-order valence-corrected chi connectivity index (χ1v) is 11.0. The normalized spacial score (nSPS) is 11.2. The van der Waals surface area contributed by atoms with Gasteiger partial charge in [-0.1, -0.05) is 24.3 Å². The lowest BCUT2D eigenvalue weighted by Gasteiger charge is -2.11. The van der Waals surface area contributed by atoms with Crippen LogP contribution in [0.1, 0.15) is 10.4 Å². The predicted molar refractivity (Wildman–Crippen MR) is 121 cm³/mol. The quantitative estimate of drug-likeness (QED) is 0.431. The molecule has 0 unspecified atom stereocenters. The minimum Gasteiger partial charge on any atom is -0.497 e. The smallest absolute Gasteiger partial charge is 0.349 e. The van der Waals surface area contributed by atoms with Gasteiger partial charge in [-0.15, -0.1) is 0 Å². The number of rotatable bonds is 6. The third kappa shape index (κ3) is 4.47. The van der Waals surface area contributed by atoms with E-state index < -0.39 is 21.6 Å². The molecule has 0 bridgehead atoms. The van der Waals surface area contributed by atoms with Gasteiger partial charge in [0.15, 0.2) is 0 Å². The van der Waals surface area contributed by atoms with Crippen LogP contribution in [0.25, 0.3) is 11.0 Å². The molecule has 1 amide bonds. The van der Waals surface area contributed by atoms with Crippen molar-refractivity contribution in [2.24, 2.45) is 0 Å². The van der Waals surface area contributed by atoms with Crippen molar-refractivity contribution in [1.82, 2.24) is 0 Å². The number of methoxy groups -OCH3 is 1. The van der Waals surface area contributed by atoms with Gasteiger partial charge in [0.25, 0.3) is 15.9 Å². The van der Waals surface area contributed by atoms with Crippen LogP contribution < -0.4 is 20.4 Å². The molecule has 32 heavy (non-hydrogen) atoms. The van der Waals surface area contributed by atoms with Gasteiger partial charge in [0.05, 0.1) is 12.0 Å². The number of para-hydroxylation sites is 1. The molecule has 0 spiro atoms. The fourth-order valence-corrected chi connectivity index (χ4v) is 4.14. The van der Waals surface area contributed by atoms with E-state index in [4.69, 9.17) is 9.15 Å². The van der Waals surface area contributed by atoms with E-state index in [0.717, 1.165) is 0 Å². The third-order valence-electron chi connectivity index (χ3n) is 4.63. The summed E-state index contributed by atoms with van der Waals surface area (Å²) in [7, 11) is -2.40. The summed E-state index contributed by atoms with van der Waals surface area (Å²) in [6.07, 6.45) is 0. The summed E-state index contributed by atoms with van der Waals surface area (Å²) in [5.74, 6) is -0.113. The second kappa shape index (κ2) is 8.56.